The summed E-state index contributed by atoms with van der Waals surface area (Å²) in [6, 6.07) is 6.69. The van der Waals surface area contributed by atoms with Gasteiger partial charge in [0.25, 0.3) is 5.91 Å². The van der Waals surface area contributed by atoms with Gasteiger partial charge < -0.3 is 25.0 Å². The number of thiazole rings is 1. The summed E-state index contributed by atoms with van der Waals surface area (Å²) in [6.45, 7) is 5.49. The van der Waals surface area contributed by atoms with Crippen LogP contribution in [0, 0.1) is 6.92 Å². The van der Waals surface area contributed by atoms with E-state index in [0.717, 1.165) is 24.0 Å². The summed E-state index contributed by atoms with van der Waals surface area (Å²) in [6.07, 6.45) is 0.993. The van der Waals surface area contributed by atoms with E-state index in [-0.39, 0.29) is 37.5 Å². The highest BCUT2D eigenvalue weighted by atomic mass is 32.1. The molecule has 0 saturated carbocycles. The lowest BCUT2D eigenvalue weighted by atomic mass is 10.1. The molecular weight excluding hydrogens is 484 g/mol. The molecule has 1 aliphatic heterocycles. The van der Waals surface area contributed by atoms with E-state index in [1.165, 1.54) is 11.3 Å². The normalized spacial score (nSPS) is 14.3. The number of unbranched alkanes of at least 4 members (excludes halogenated alkanes) is 1. The van der Waals surface area contributed by atoms with Gasteiger partial charge in [0.2, 0.25) is 5.91 Å². The third-order valence-electron chi connectivity index (χ3n) is 5.94. The van der Waals surface area contributed by atoms with Crippen LogP contribution in [0.5, 0.6) is 0 Å². The Kier molecular flexibility index (Phi) is 9.80. The van der Waals surface area contributed by atoms with Gasteiger partial charge in [-0.1, -0.05) is 37.6 Å². The molecule has 0 aliphatic carbocycles. The molecule has 36 heavy (non-hydrogen) atoms. The number of benzene rings is 1. The molecule has 3 rings (SSSR count). The maximum absolute atomic E-state index is 13.2. The number of carbonyl (C=O) groups is 4. The number of ether oxygens (including phenoxy) is 1. The number of aryl methyl sites for hydroxylation is 1. The molecule has 1 saturated heterocycles. The Bertz CT molecular complexity index is 1080. The molecule has 0 spiro atoms. The SMILES string of the molecule is CCCCOC(=O)N1CCN(C(=O)C(CCC(=O)O)NC(=O)c2csc(-c3ccccc3C)n2)CC1. The summed E-state index contributed by atoms with van der Waals surface area (Å²) in [5, 5.41) is 14.1. The van der Waals surface area contributed by atoms with E-state index in [2.05, 4.69) is 10.3 Å². The van der Waals surface area contributed by atoms with Crippen LogP contribution in [-0.4, -0.2) is 82.6 Å². The first-order valence-electron chi connectivity index (χ1n) is 12.0. The van der Waals surface area contributed by atoms with Gasteiger partial charge in [-0.15, -0.1) is 11.3 Å². The Hall–Kier alpha value is -3.47. The number of carboxylic acid groups (broad SMARTS) is 1. The predicted octanol–water partition coefficient (Wildman–Crippen LogP) is 3.16. The molecule has 11 heteroatoms. The van der Waals surface area contributed by atoms with Crippen LogP contribution in [0.25, 0.3) is 10.6 Å². The van der Waals surface area contributed by atoms with Crippen molar-refractivity contribution in [3.05, 3.63) is 40.9 Å². The van der Waals surface area contributed by atoms with E-state index >= 15 is 0 Å². The van der Waals surface area contributed by atoms with Crippen LogP contribution in [0.4, 0.5) is 4.79 Å². The topological polar surface area (TPSA) is 129 Å². The molecule has 2 N–H and O–H groups in total. The number of piperazine rings is 1. The molecule has 1 atom stereocenters. The molecule has 1 unspecified atom stereocenters. The summed E-state index contributed by atoms with van der Waals surface area (Å²) in [5.41, 5.74) is 2.12. The number of nitrogens with one attached hydrogen (secondary N) is 1. The van der Waals surface area contributed by atoms with Crippen molar-refractivity contribution in [1.82, 2.24) is 20.1 Å². The Morgan fingerprint density at radius 2 is 1.83 bits per heavy atom. The van der Waals surface area contributed by atoms with Crippen LogP contribution >= 0.6 is 11.3 Å². The summed E-state index contributed by atoms with van der Waals surface area (Å²) >= 11 is 1.33. The van der Waals surface area contributed by atoms with Crippen molar-refractivity contribution in [3.8, 4) is 10.6 Å². The van der Waals surface area contributed by atoms with E-state index in [9.17, 15) is 19.2 Å². The highest BCUT2D eigenvalue weighted by Gasteiger charge is 2.31. The second-order valence-corrected chi connectivity index (χ2v) is 9.45. The van der Waals surface area contributed by atoms with Gasteiger partial charge in [-0.3, -0.25) is 14.4 Å². The fourth-order valence-corrected chi connectivity index (χ4v) is 4.69. The first kappa shape index (κ1) is 27.1. The van der Waals surface area contributed by atoms with Crippen LogP contribution in [0.2, 0.25) is 0 Å². The van der Waals surface area contributed by atoms with E-state index in [1.54, 1.807) is 15.2 Å². The van der Waals surface area contributed by atoms with Gasteiger partial charge in [0.15, 0.2) is 0 Å². The van der Waals surface area contributed by atoms with Crippen LogP contribution < -0.4 is 5.32 Å². The third kappa shape index (κ3) is 7.27. The fourth-order valence-electron chi connectivity index (χ4n) is 3.80. The first-order valence-corrected chi connectivity index (χ1v) is 12.9. The molecular formula is C25H32N4O6S. The van der Waals surface area contributed by atoms with Crippen molar-refractivity contribution < 1.29 is 29.0 Å². The van der Waals surface area contributed by atoms with Crippen LogP contribution in [-0.2, 0) is 14.3 Å². The lowest BCUT2D eigenvalue weighted by Gasteiger charge is -2.36. The summed E-state index contributed by atoms with van der Waals surface area (Å²) in [5.74, 6) is -1.97. The van der Waals surface area contributed by atoms with Crippen LogP contribution in [0.3, 0.4) is 0 Å². The zero-order valence-electron chi connectivity index (χ0n) is 20.6. The van der Waals surface area contributed by atoms with E-state index in [1.807, 2.05) is 38.1 Å². The number of amides is 3. The minimum atomic E-state index is -1.06. The molecule has 2 heterocycles. The van der Waals surface area contributed by atoms with Crippen molar-refractivity contribution in [1.29, 1.82) is 0 Å². The number of nitrogens with zero attached hydrogens (tertiary/aromatic N) is 3. The molecule has 1 fully saturated rings. The molecule has 3 amide bonds. The molecule has 194 valence electrons. The number of carboxylic acids is 1. The molecule has 1 aromatic heterocycles. The highest BCUT2D eigenvalue weighted by molar-refractivity contribution is 7.13. The number of hydrogen-bond acceptors (Lipinski definition) is 7. The number of aliphatic carboxylic acids is 1. The Morgan fingerprint density at radius 1 is 1.14 bits per heavy atom. The Balaban J connectivity index is 1.63. The van der Waals surface area contributed by atoms with Crippen LogP contribution in [0.15, 0.2) is 29.6 Å². The first-order chi connectivity index (χ1) is 17.3. The van der Waals surface area contributed by atoms with Gasteiger partial charge in [-0.25, -0.2) is 9.78 Å². The summed E-state index contributed by atoms with van der Waals surface area (Å²) < 4.78 is 5.23. The van der Waals surface area contributed by atoms with Gasteiger partial charge in [0, 0.05) is 43.5 Å². The molecule has 1 aromatic carbocycles. The molecule has 1 aliphatic rings. The van der Waals surface area contributed by atoms with Gasteiger partial charge in [0.05, 0.1) is 6.61 Å². The lowest BCUT2D eigenvalue weighted by Crippen LogP contribution is -2.56. The summed E-state index contributed by atoms with van der Waals surface area (Å²) in [4.78, 5) is 57.0. The lowest BCUT2D eigenvalue weighted by molar-refractivity contribution is -0.138. The number of hydrogen-bond donors (Lipinski definition) is 2. The maximum atomic E-state index is 13.2. The average Bonchev–Trinajstić information content (AvgIpc) is 3.36. The highest BCUT2D eigenvalue weighted by Crippen LogP contribution is 2.26. The smallest absolute Gasteiger partial charge is 0.409 e. The third-order valence-corrected chi connectivity index (χ3v) is 6.81. The second-order valence-electron chi connectivity index (χ2n) is 8.59. The van der Waals surface area contributed by atoms with Crippen molar-refractivity contribution in [2.75, 3.05) is 32.8 Å². The Morgan fingerprint density at radius 3 is 2.50 bits per heavy atom. The van der Waals surface area contributed by atoms with Crippen molar-refractivity contribution in [2.24, 2.45) is 0 Å². The van der Waals surface area contributed by atoms with Crippen LogP contribution in [0.1, 0.15) is 48.7 Å². The van der Waals surface area contributed by atoms with Gasteiger partial charge in [0.1, 0.15) is 16.7 Å². The predicted molar refractivity (Wildman–Crippen MR) is 135 cm³/mol. The molecule has 0 bridgehead atoms. The fraction of sp³-hybridized carbons (Fsp3) is 0.480. The maximum Gasteiger partial charge on any atom is 0.409 e. The molecule has 10 nitrogen and oxygen atoms in total. The monoisotopic (exact) mass is 516 g/mol. The number of aromatic nitrogens is 1. The summed E-state index contributed by atoms with van der Waals surface area (Å²) in [7, 11) is 0. The second kappa shape index (κ2) is 13.0. The molecule has 2 aromatic rings. The van der Waals surface area contributed by atoms with Crippen molar-refractivity contribution >= 4 is 35.2 Å². The minimum absolute atomic E-state index is 0.0477. The zero-order valence-corrected chi connectivity index (χ0v) is 21.4. The quantitative estimate of drug-likeness (QED) is 0.464. The zero-order chi connectivity index (χ0) is 26.1. The van der Waals surface area contributed by atoms with E-state index < -0.39 is 24.0 Å². The standard InChI is InChI=1S/C25H32N4O6S/c1-3-4-15-35-25(34)29-13-11-28(12-14-29)24(33)19(9-10-21(30)31)26-22(32)20-16-36-23(27-20)18-8-6-5-7-17(18)2/h5-8,16,19H,3-4,9-15H2,1-2H3,(H,26,32)(H,30,31). The number of rotatable bonds is 10. The van der Waals surface area contributed by atoms with Crippen molar-refractivity contribution in [3.63, 3.8) is 0 Å². The van der Waals surface area contributed by atoms with Gasteiger partial charge in [-0.05, 0) is 25.3 Å². The molecule has 0 radical (unpaired) electrons. The minimum Gasteiger partial charge on any atom is -0.481 e. The number of carbonyl (C=O) groups excluding carboxylic acids is 3. The van der Waals surface area contributed by atoms with E-state index in [4.69, 9.17) is 9.84 Å². The average molecular weight is 517 g/mol. The van der Waals surface area contributed by atoms with Gasteiger partial charge in [-0.2, -0.15) is 0 Å². The largest absolute Gasteiger partial charge is 0.481 e. The van der Waals surface area contributed by atoms with Crippen molar-refractivity contribution in [2.45, 2.75) is 45.6 Å². The Labute approximate surface area is 214 Å². The van der Waals surface area contributed by atoms with Gasteiger partial charge >= 0.3 is 12.1 Å². The van der Waals surface area contributed by atoms with E-state index in [0.29, 0.717) is 24.7 Å².